The molecule has 8 unspecified atom stereocenters. The van der Waals surface area contributed by atoms with Crippen LogP contribution in [0.3, 0.4) is 0 Å². The van der Waals surface area contributed by atoms with Crippen LogP contribution >= 0.6 is 0 Å². The first kappa shape index (κ1) is 27.0. The van der Waals surface area contributed by atoms with Crippen molar-refractivity contribution in [2.24, 2.45) is 17.8 Å². The lowest BCUT2D eigenvalue weighted by molar-refractivity contribution is -0.739. The summed E-state index contributed by atoms with van der Waals surface area (Å²) in [7, 11) is 0. The van der Waals surface area contributed by atoms with Gasteiger partial charge >= 0.3 is 0 Å². The van der Waals surface area contributed by atoms with Crippen molar-refractivity contribution in [3.63, 3.8) is 0 Å². The third kappa shape index (κ3) is 4.26. The molecular formula is C41H40N3O2+. The molecular weight excluding hydrogens is 566 g/mol. The Balaban J connectivity index is 1.01. The van der Waals surface area contributed by atoms with Gasteiger partial charge < -0.3 is 14.8 Å². The maximum absolute atomic E-state index is 6.70. The van der Waals surface area contributed by atoms with Crippen LogP contribution in [0, 0.1) is 17.8 Å². The van der Waals surface area contributed by atoms with Crippen LogP contribution in [0.4, 0.5) is 0 Å². The first-order valence-corrected chi connectivity index (χ1v) is 17.2. The van der Waals surface area contributed by atoms with Gasteiger partial charge in [-0.25, -0.2) is 10.6 Å². The number of quaternary nitrogens is 1. The molecule has 1 fully saturated rings. The summed E-state index contributed by atoms with van der Waals surface area (Å²) in [4.78, 5) is 0. The Labute approximate surface area is 270 Å². The van der Waals surface area contributed by atoms with E-state index in [1.807, 2.05) is 0 Å². The van der Waals surface area contributed by atoms with E-state index in [9.17, 15) is 0 Å². The highest BCUT2D eigenvalue weighted by molar-refractivity contribution is 5.98. The maximum Gasteiger partial charge on any atom is 0.168 e. The summed E-state index contributed by atoms with van der Waals surface area (Å²) in [5.74, 6) is 3.25. The number of ether oxygens (including phenoxy) is 2. The Bertz CT molecular complexity index is 1920. The van der Waals surface area contributed by atoms with Crippen LogP contribution in [0.2, 0.25) is 0 Å². The molecule has 0 aromatic heterocycles. The minimum Gasteiger partial charge on any atom is -0.489 e. The van der Waals surface area contributed by atoms with Gasteiger partial charge in [-0.05, 0) is 71.4 Å². The molecule has 2 aromatic carbocycles. The summed E-state index contributed by atoms with van der Waals surface area (Å²) in [6.07, 6.45) is 35.2. The lowest BCUT2D eigenvalue weighted by Gasteiger charge is -2.40. The van der Waals surface area contributed by atoms with Crippen molar-refractivity contribution in [1.82, 2.24) is 10.6 Å². The highest BCUT2D eigenvalue weighted by Gasteiger charge is 2.45. The average Bonchev–Trinajstić information content (AvgIpc) is 3.70. The van der Waals surface area contributed by atoms with Gasteiger partial charge in [-0.15, -0.1) is 0 Å². The largest absolute Gasteiger partial charge is 0.489 e. The molecule has 0 saturated carbocycles. The predicted molar refractivity (Wildman–Crippen MR) is 182 cm³/mol. The van der Waals surface area contributed by atoms with Crippen molar-refractivity contribution in [3.8, 4) is 0 Å². The number of hydrogen-bond acceptors (Lipinski definition) is 4. The number of fused-ring (bicyclic) bond motifs is 8. The molecule has 0 bridgehead atoms. The molecule has 5 heteroatoms. The molecule has 0 radical (unpaired) electrons. The SMILES string of the molecule is C1=CC2OC3=C(C=CCC3C3NC(c4ccc5c6c(ccc5c4)CCC4=C6C5C=CC=CC5O4)NC(C4=CCCC=C4)[NH2+]3)C2C=C1. The summed E-state index contributed by atoms with van der Waals surface area (Å²) in [6.45, 7) is 0. The van der Waals surface area contributed by atoms with E-state index in [1.54, 1.807) is 0 Å². The van der Waals surface area contributed by atoms with E-state index in [0.717, 1.165) is 32.1 Å². The van der Waals surface area contributed by atoms with Crippen molar-refractivity contribution in [2.75, 3.05) is 0 Å². The molecule has 2 aromatic rings. The summed E-state index contributed by atoms with van der Waals surface area (Å²) in [5.41, 5.74) is 8.25. The minimum atomic E-state index is 0.00970. The average molecular weight is 607 g/mol. The Kier molecular flexibility index (Phi) is 6.28. The van der Waals surface area contributed by atoms with Crippen LogP contribution in [0.1, 0.15) is 48.5 Å². The zero-order valence-corrected chi connectivity index (χ0v) is 25.9. The molecule has 46 heavy (non-hydrogen) atoms. The van der Waals surface area contributed by atoms with Crippen LogP contribution in [0.15, 0.2) is 132 Å². The number of allylic oxidation sites excluding steroid dienone is 9. The second kappa shape index (κ2) is 10.7. The Morgan fingerprint density at radius 3 is 2.54 bits per heavy atom. The molecule has 1 saturated heterocycles. The third-order valence-corrected chi connectivity index (χ3v) is 11.3. The first-order chi connectivity index (χ1) is 22.8. The van der Waals surface area contributed by atoms with Crippen molar-refractivity contribution < 1.29 is 14.8 Å². The van der Waals surface area contributed by atoms with Gasteiger partial charge in [0.2, 0.25) is 0 Å². The molecule has 4 N–H and O–H groups in total. The Hall–Kier alpha value is -4.16. The molecule has 10 rings (SSSR count). The monoisotopic (exact) mass is 606 g/mol. The fraction of sp³-hybridized carbons (Fsp3) is 0.317. The van der Waals surface area contributed by atoms with Crippen LogP contribution < -0.4 is 16.0 Å². The highest BCUT2D eigenvalue weighted by Crippen LogP contribution is 2.49. The van der Waals surface area contributed by atoms with Gasteiger partial charge in [-0.2, -0.15) is 0 Å². The highest BCUT2D eigenvalue weighted by atomic mass is 16.5. The van der Waals surface area contributed by atoms with Crippen molar-refractivity contribution in [3.05, 3.63) is 149 Å². The van der Waals surface area contributed by atoms with E-state index in [0.29, 0.717) is 11.8 Å². The zero-order valence-electron chi connectivity index (χ0n) is 25.9. The number of nitrogens with two attached hydrogens (primary N) is 1. The molecule has 0 amide bonds. The van der Waals surface area contributed by atoms with E-state index in [1.165, 1.54) is 55.7 Å². The standard InChI is InChI=1S/C41H39N3O2/c1-2-9-25(10-3-1)39-42-40(44-41(43-39)32-14-8-13-30-29-11-4-6-15-33(29)46-38(30)32)27-19-21-28-26(23-27)18-17-24-20-22-35-37(36(24)28)31-12-5-7-16-34(31)45-35/h2,4-13,15-19,21,23,29,31-34,39-44H,1,3,14,20,22H2/p+1. The van der Waals surface area contributed by atoms with Crippen molar-refractivity contribution in [2.45, 2.75) is 62.8 Å². The van der Waals surface area contributed by atoms with Gasteiger partial charge in [-0.1, -0.05) is 91.1 Å². The van der Waals surface area contributed by atoms with Crippen LogP contribution in [-0.2, 0) is 15.9 Å². The summed E-state index contributed by atoms with van der Waals surface area (Å²) in [5, 5.41) is 13.2. The van der Waals surface area contributed by atoms with Gasteiger partial charge in [-0.3, -0.25) is 0 Å². The van der Waals surface area contributed by atoms with Crippen LogP contribution in [-0.4, -0.2) is 24.5 Å². The normalized spacial score (nSPS) is 34.9. The molecule has 3 heterocycles. The number of aryl methyl sites for hydroxylation is 1. The van der Waals surface area contributed by atoms with Gasteiger partial charge in [0.25, 0.3) is 0 Å². The second-order valence-electron chi connectivity index (χ2n) is 13.9. The molecule has 5 aliphatic carbocycles. The van der Waals surface area contributed by atoms with Crippen LogP contribution in [0.5, 0.6) is 0 Å². The summed E-state index contributed by atoms with van der Waals surface area (Å²) >= 11 is 0. The number of hydrogen-bond donors (Lipinski definition) is 3. The van der Waals surface area contributed by atoms with Crippen molar-refractivity contribution >= 4 is 16.3 Å². The molecule has 5 nitrogen and oxygen atoms in total. The Morgan fingerprint density at radius 2 is 1.65 bits per heavy atom. The van der Waals surface area contributed by atoms with Gasteiger partial charge in [0.15, 0.2) is 12.3 Å². The zero-order chi connectivity index (χ0) is 30.2. The number of nitrogens with one attached hydrogen (secondary N) is 2. The van der Waals surface area contributed by atoms with E-state index in [2.05, 4.69) is 125 Å². The molecule has 230 valence electrons. The lowest BCUT2D eigenvalue weighted by Crippen LogP contribution is -3.05. The summed E-state index contributed by atoms with van der Waals surface area (Å²) in [6, 6.07) is 11.8. The predicted octanol–water partition coefficient (Wildman–Crippen LogP) is 6.29. The van der Waals surface area contributed by atoms with Gasteiger partial charge in [0, 0.05) is 35.0 Å². The molecule has 3 aliphatic heterocycles. The summed E-state index contributed by atoms with van der Waals surface area (Å²) < 4.78 is 13.2. The fourth-order valence-corrected chi connectivity index (χ4v) is 9.09. The van der Waals surface area contributed by atoms with Gasteiger partial charge in [0.1, 0.15) is 23.7 Å². The quantitative estimate of drug-likeness (QED) is 0.384. The maximum atomic E-state index is 6.70. The number of rotatable bonds is 3. The van der Waals surface area contributed by atoms with Gasteiger partial charge in [0.05, 0.1) is 12.1 Å². The fourth-order valence-electron chi connectivity index (χ4n) is 9.09. The Morgan fingerprint density at radius 1 is 0.783 bits per heavy atom. The molecule has 0 spiro atoms. The second-order valence-corrected chi connectivity index (χ2v) is 13.9. The lowest BCUT2D eigenvalue weighted by atomic mass is 9.79. The smallest absolute Gasteiger partial charge is 0.168 e. The molecule has 8 aliphatic rings. The minimum absolute atomic E-state index is 0.00970. The van der Waals surface area contributed by atoms with Crippen LogP contribution in [0.25, 0.3) is 16.3 Å². The van der Waals surface area contributed by atoms with E-state index < -0.39 is 0 Å². The topological polar surface area (TPSA) is 59.1 Å². The van der Waals surface area contributed by atoms with E-state index in [4.69, 9.17) is 9.47 Å². The number of benzene rings is 2. The third-order valence-electron chi connectivity index (χ3n) is 11.3. The van der Waals surface area contributed by atoms with E-state index in [-0.39, 0.29) is 36.6 Å². The first-order valence-electron chi connectivity index (χ1n) is 17.2. The molecule has 8 atom stereocenters. The van der Waals surface area contributed by atoms with Crippen molar-refractivity contribution in [1.29, 1.82) is 0 Å². The van der Waals surface area contributed by atoms with E-state index >= 15 is 0 Å².